The van der Waals surface area contributed by atoms with Gasteiger partial charge in [0.1, 0.15) is 0 Å². The van der Waals surface area contributed by atoms with Crippen LogP contribution in [0, 0.1) is 0 Å². The summed E-state index contributed by atoms with van der Waals surface area (Å²) in [6, 6.07) is 17.1. The molecular formula is C18H10Br2N2. The molecule has 0 spiro atoms. The van der Waals surface area contributed by atoms with E-state index >= 15 is 0 Å². The van der Waals surface area contributed by atoms with Crippen LogP contribution in [-0.4, -0.2) is 9.97 Å². The van der Waals surface area contributed by atoms with Gasteiger partial charge in [0.15, 0.2) is 0 Å². The van der Waals surface area contributed by atoms with Crippen LogP contribution in [0.15, 0.2) is 57.5 Å². The van der Waals surface area contributed by atoms with Gasteiger partial charge >= 0.3 is 0 Å². The van der Waals surface area contributed by atoms with Gasteiger partial charge in [-0.25, -0.2) is 0 Å². The number of benzene rings is 3. The zero-order valence-corrected chi connectivity index (χ0v) is 14.5. The number of fused-ring (bicyclic) bond motifs is 6. The van der Waals surface area contributed by atoms with Crippen LogP contribution in [0.4, 0.5) is 0 Å². The molecule has 22 heavy (non-hydrogen) atoms. The van der Waals surface area contributed by atoms with Crippen LogP contribution in [0.1, 0.15) is 0 Å². The Balaban J connectivity index is 2.02. The molecule has 0 aliphatic rings. The van der Waals surface area contributed by atoms with Crippen molar-refractivity contribution < 1.29 is 0 Å². The Kier molecular flexibility index (Phi) is 2.53. The number of H-pyrrole nitrogens is 2. The Hall–Kier alpha value is -1.78. The highest BCUT2D eigenvalue weighted by molar-refractivity contribution is 9.11. The summed E-state index contributed by atoms with van der Waals surface area (Å²) < 4.78 is 2.19. The normalized spacial score (nSPS) is 12.1. The van der Waals surface area contributed by atoms with E-state index in [4.69, 9.17) is 0 Å². The molecule has 2 aromatic heterocycles. The fourth-order valence-corrected chi connectivity index (χ4v) is 4.20. The van der Waals surface area contributed by atoms with Crippen molar-refractivity contribution in [2.45, 2.75) is 0 Å². The molecule has 0 aliphatic heterocycles. The minimum absolute atomic E-state index is 1.09. The molecule has 0 amide bonds. The number of nitrogens with one attached hydrogen (secondary N) is 2. The summed E-state index contributed by atoms with van der Waals surface area (Å²) in [6.45, 7) is 0. The second kappa shape index (κ2) is 4.37. The molecule has 0 unspecified atom stereocenters. The average Bonchev–Trinajstić information content (AvgIpc) is 3.05. The Labute approximate surface area is 142 Å². The molecular weight excluding hydrogens is 404 g/mol. The smallest absolute Gasteiger partial charge is 0.0609 e. The van der Waals surface area contributed by atoms with Crippen molar-refractivity contribution >= 4 is 75.5 Å². The summed E-state index contributed by atoms with van der Waals surface area (Å²) in [5, 5.41) is 4.96. The average molecular weight is 414 g/mol. The highest BCUT2D eigenvalue weighted by Crippen LogP contribution is 2.36. The first kappa shape index (κ1) is 12.7. The molecule has 2 heterocycles. The van der Waals surface area contributed by atoms with Gasteiger partial charge in [0, 0.05) is 41.5 Å². The molecule has 2 nitrogen and oxygen atoms in total. The van der Waals surface area contributed by atoms with Crippen molar-refractivity contribution in [2.75, 3.05) is 0 Å². The second-order valence-electron chi connectivity index (χ2n) is 5.52. The molecule has 0 radical (unpaired) electrons. The van der Waals surface area contributed by atoms with Crippen LogP contribution in [0.5, 0.6) is 0 Å². The summed E-state index contributed by atoms with van der Waals surface area (Å²) in [6.07, 6.45) is 0. The lowest BCUT2D eigenvalue weighted by atomic mass is 10.1. The third-order valence-corrected chi connectivity index (χ3v) is 5.61. The fraction of sp³-hybridized carbons (Fsp3) is 0. The third kappa shape index (κ3) is 1.59. The van der Waals surface area contributed by atoms with Crippen molar-refractivity contribution in [1.29, 1.82) is 0 Å². The van der Waals surface area contributed by atoms with Gasteiger partial charge in [-0.2, -0.15) is 0 Å². The maximum absolute atomic E-state index is 3.63. The minimum Gasteiger partial charge on any atom is -0.354 e. The quantitative estimate of drug-likeness (QED) is 0.291. The van der Waals surface area contributed by atoms with Gasteiger partial charge in [0.05, 0.1) is 11.0 Å². The highest BCUT2D eigenvalue weighted by atomic mass is 79.9. The first-order valence-corrected chi connectivity index (χ1v) is 8.61. The molecule has 0 saturated carbocycles. The SMILES string of the molecule is Brc1cccc2c1[nH]c1cc3c(cc12)[nH]c1c(Br)cccc13. The topological polar surface area (TPSA) is 31.6 Å². The Morgan fingerprint density at radius 1 is 0.591 bits per heavy atom. The van der Waals surface area contributed by atoms with E-state index in [9.17, 15) is 0 Å². The van der Waals surface area contributed by atoms with Crippen molar-refractivity contribution in [3.63, 3.8) is 0 Å². The third-order valence-electron chi connectivity index (χ3n) is 4.28. The summed E-state index contributed by atoms with van der Waals surface area (Å²) in [5.41, 5.74) is 4.62. The Morgan fingerprint density at radius 2 is 1.05 bits per heavy atom. The Bertz CT molecular complexity index is 1100. The first-order chi connectivity index (χ1) is 10.7. The van der Waals surface area contributed by atoms with Gasteiger partial charge in [-0.05, 0) is 56.1 Å². The molecule has 0 atom stereocenters. The van der Waals surface area contributed by atoms with Crippen LogP contribution < -0.4 is 0 Å². The van der Waals surface area contributed by atoms with Gasteiger partial charge in [-0.15, -0.1) is 0 Å². The van der Waals surface area contributed by atoms with Crippen LogP contribution in [0.25, 0.3) is 43.6 Å². The number of hydrogen-bond donors (Lipinski definition) is 2. The van der Waals surface area contributed by atoms with Crippen molar-refractivity contribution in [3.05, 3.63) is 57.5 Å². The van der Waals surface area contributed by atoms with Gasteiger partial charge < -0.3 is 9.97 Å². The van der Waals surface area contributed by atoms with Crippen molar-refractivity contribution in [1.82, 2.24) is 9.97 Å². The Morgan fingerprint density at radius 3 is 1.50 bits per heavy atom. The molecule has 0 aliphatic carbocycles. The molecule has 0 fully saturated rings. The summed E-state index contributed by atoms with van der Waals surface area (Å²) in [4.78, 5) is 7.07. The van der Waals surface area contributed by atoms with E-state index in [1.807, 2.05) is 0 Å². The molecule has 0 saturated heterocycles. The number of para-hydroxylation sites is 2. The van der Waals surface area contributed by atoms with E-state index in [-0.39, 0.29) is 0 Å². The van der Waals surface area contributed by atoms with E-state index in [0.29, 0.717) is 0 Å². The lowest BCUT2D eigenvalue weighted by Gasteiger charge is -1.94. The lowest BCUT2D eigenvalue weighted by molar-refractivity contribution is 1.52. The summed E-state index contributed by atoms with van der Waals surface area (Å²) in [7, 11) is 0. The van der Waals surface area contributed by atoms with Gasteiger partial charge in [0.2, 0.25) is 0 Å². The van der Waals surface area contributed by atoms with E-state index in [1.54, 1.807) is 0 Å². The van der Waals surface area contributed by atoms with Crippen molar-refractivity contribution in [3.8, 4) is 0 Å². The summed E-state index contributed by atoms with van der Waals surface area (Å²) >= 11 is 7.25. The monoisotopic (exact) mass is 412 g/mol. The van der Waals surface area contributed by atoms with E-state index in [2.05, 4.69) is 90.4 Å². The van der Waals surface area contributed by atoms with Crippen LogP contribution >= 0.6 is 31.9 Å². The molecule has 4 heteroatoms. The zero-order chi connectivity index (χ0) is 14.8. The highest BCUT2D eigenvalue weighted by Gasteiger charge is 2.11. The number of rotatable bonds is 0. The van der Waals surface area contributed by atoms with Crippen molar-refractivity contribution in [2.24, 2.45) is 0 Å². The number of aromatic amines is 2. The molecule has 0 bridgehead atoms. The molecule has 5 aromatic rings. The zero-order valence-electron chi connectivity index (χ0n) is 11.4. The predicted octanol–water partition coefficient (Wildman–Crippen LogP) is 6.48. The number of halogens is 2. The second-order valence-corrected chi connectivity index (χ2v) is 7.23. The number of hydrogen-bond acceptors (Lipinski definition) is 0. The maximum atomic E-state index is 3.63. The number of aromatic nitrogens is 2. The maximum Gasteiger partial charge on any atom is 0.0609 e. The fourth-order valence-electron chi connectivity index (χ4n) is 3.27. The van der Waals surface area contributed by atoms with Gasteiger partial charge in [-0.1, -0.05) is 24.3 Å². The van der Waals surface area contributed by atoms with Crippen LogP contribution in [0.2, 0.25) is 0 Å². The first-order valence-electron chi connectivity index (χ1n) is 7.02. The van der Waals surface area contributed by atoms with E-state index in [0.717, 1.165) is 31.0 Å². The minimum atomic E-state index is 1.09. The van der Waals surface area contributed by atoms with Crippen LogP contribution in [0.3, 0.4) is 0 Å². The lowest BCUT2D eigenvalue weighted by Crippen LogP contribution is -1.70. The van der Waals surface area contributed by atoms with E-state index < -0.39 is 0 Å². The van der Waals surface area contributed by atoms with Gasteiger partial charge in [0.25, 0.3) is 0 Å². The largest absolute Gasteiger partial charge is 0.354 e. The molecule has 2 N–H and O–H groups in total. The van der Waals surface area contributed by atoms with E-state index in [1.165, 1.54) is 21.5 Å². The predicted molar refractivity (Wildman–Crippen MR) is 101 cm³/mol. The molecule has 3 aromatic carbocycles. The van der Waals surface area contributed by atoms with Crippen LogP contribution in [-0.2, 0) is 0 Å². The summed E-state index contributed by atoms with van der Waals surface area (Å²) in [5.74, 6) is 0. The van der Waals surface area contributed by atoms with Gasteiger partial charge in [-0.3, -0.25) is 0 Å². The molecule has 5 rings (SSSR count). The standard InChI is InChI=1S/C18H10Br2N2/c19-13-5-1-3-9-11-7-16-12(8-15(11)21-17(9)13)10-4-2-6-14(20)18(10)22-16/h1-8,21-22H. The molecule has 106 valence electrons.